The smallest absolute Gasteiger partial charge is 0.295 e. The molecule has 0 aliphatic heterocycles. The van der Waals surface area contributed by atoms with E-state index in [9.17, 15) is 4.79 Å². The van der Waals surface area contributed by atoms with Crippen LogP contribution >= 0.6 is 12.4 Å². The van der Waals surface area contributed by atoms with Crippen molar-refractivity contribution in [1.29, 1.82) is 0 Å². The fraction of sp³-hybridized carbons (Fsp3) is 0.250. The lowest BCUT2D eigenvalue weighted by atomic mass is 10.3. The Labute approximate surface area is 99.4 Å². The Morgan fingerprint density at radius 2 is 2.06 bits per heavy atom. The molecule has 1 aromatic rings. The Kier molecular flexibility index (Phi) is 10.8. The standard InChI is InChI=1S/C7H9N3O2.CH5NO.ClH/c1-12-10-7(11)6-5(8)3-2-4-9-6;1-3-2;/h2-4H,8H2,1H3,(H,10,11);2H2,1H3;1H. The van der Waals surface area contributed by atoms with Gasteiger partial charge in [-0.3, -0.25) is 9.63 Å². The molecule has 0 saturated heterocycles. The van der Waals surface area contributed by atoms with Crippen molar-refractivity contribution in [2.45, 2.75) is 0 Å². The maximum atomic E-state index is 11.1. The molecule has 1 aromatic heterocycles. The number of nitrogen functional groups attached to an aromatic ring is 1. The summed E-state index contributed by atoms with van der Waals surface area (Å²) in [5.41, 5.74) is 8.09. The molecule has 0 bridgehead atoms. The van der Waals surface area contributed by atoms with Gasteiger partial charge in [-0.25, -0.2) is 16.4 Å². The summed E-state index contributed by atoms with van der Waals surface area (Å²) < 4.78 is 0. The molecular formula is C8H15ClN4O3. The van der Waals surface area contributed by atoms with Crippen LogP contribution < -0.4 is 17.1 Å². The van der Waals surface area contributed by atoms with E-state index >= 15 is 0 Å². The first-order valence-corrected chi connectivity index (χ1v) is 3.94. The summed E-state index contributed by atoms with van der Waals surface area (Å²) in [5, 5.41) is 0. The number of carbonyl (C=O) groups excluding carboxylic acids is 1. The summed E-state index contributed by atoms with van der Waals surface area (Å²) in [6, 6.07) is 3.25. The summed E-state index contributed by atoms with van der Waals surface area (Å²) in [5.74, 6) is 3.90. The van der Waals surface area contributed by atoms with E-state index in [-0.39, 0.29) is 18.1 Å². The van der Waals surface area contributed by atoms with Crippen molar-refractivity contribution in [3.63, 3.8) is 0 Å². The van der Waals surface area contributed by atoms with Crippen LogP contribution in [0.2, 0.25) is 0 Å². The molecule has 8 heteroatoms. The highest BCUT2D eigenvalue weighted by Gasteiger charge is 2.08. The van der Waals surface area contributed by atoms with E-state index in [1.807, 2.05) is 0 Å². The molecule has 0 saturated carbocycles. The molecule has 92 valence electrons. The van der Waals surface area contributed by atoms with Gasteiger partial charge in [0.25, 0.3) is 5.91 Å². The first kappa shape index (κ1) is 17.0. The molecule has 0 aliphatic carbocycles. The van der Waals surface area contributed by atoms with Gasteiger partial charge in [-0.2, -0.15) is 0 Å². The highest BCUT2D eigenvalue weighted by atomic mass is 35.5. The molecule has 7 nitrogen and oxygen atoms in total. The van der Waals surface area contributed by atoms with Gasteiger partial charge in [0.2, 0.25) is 0 Å². The van der Waals surface area contributed by atoms with Crippen LogP contribution in [-0.2, 0) is 9.68 Å². The number of pyridine rings is 1. The van der Waals surface area contributed by atoms with Gasteiger partial charge in [0.15, 0.2) is 5.69 Å². The van der Waals surface area contributed by atoms with Gasteiger partial charge in [0.05, 0.1) is 19.9 Å². The predicted octanol–water partition coefficient (Wildman–Crippen LogP) is -0.117. The van der Waals surface area contributed by atoms with Crippen molar-refractivity contribution >= 4 is 24.0 Å². The lowest BCUT2D eigenvalue weighted by Crippen LogP contribution is -2.23. The maximum absolute atomic E-state index is 11.1. The van der Waals surface area contributed by atoms with E-state index in [0.29, 0.717) is 5.69 Å². The molecule has 16 heavy (non-hydrogen) atoms. The summed E-state index contributed by atoms with van der Waals surface area (Å²) in [4.78, 5) is 23.0. The quantitative estimate of drug-likeness (QED) is 0.631. The number of hydrogen-bond donors (Lipinski definition) is 3. The second-order valence-electron chi connectivity index (χ2n) is 2.31. The number of halogens is 1. The third kappa shape index (κ3) is 6.14. The highest BCUT2D eigenvalue weighted by molar-refractivity contribution is 5.96. The molecule has 0 spiro atoms. The van der Waals surface area contributed by atoms with Gasteiger partial charge in [-0.05, 0) is 12.1 Å². The van der Waals surface area contributed by atoms with Crippen molar-refractivity contribution in [1.82, 2.24) is 10.5 Å². The van der Waals surface area contributed by atoms with Crippen molar-refractivity contribution in [3.8, 4) is 0 Å². The number of nitrogens with zero attached hydrogens (tertiary/aromatic N) is 1. The predicted molar refractivity (Wildman–Crippen MR) is 61.6 cm³/mol. The number of anilines is 1. The second kappa shape index (κ2) is 10.1. The number of hydroxylamine groups is 1. The zero-order valence-corrected chi connectivity index (χ0v) is 9.78. The number of aromatic nitrogens is 1. The van der Waals surface area contributed by atoms with E-state index in [0.717, 1.165) is 0 Å². The van der Waals surface area contributed by atoms with Crippen LogP contribution in [0.4, 0.5) is 5.69 Å². The van der Waals surface area contributed by atoms with Crippen LogP contribution in [-0.4, -0.2) is 25.1 Å². The lowest BCUT2D eigenvalue weighted by Gasteiger charge is -2.02. The number of nitrogens with one attached hydrogen (secondary N) is 1. The average Bonchev–Trinajstić information content (AvgIpc) is 2.20. The summed E-state index contributed by atoms with van der Waals surface area (Å²) >= 11 is 0. The first-order valence-electron chi connectivity index (χ1n) is 3.94. The van der Waals surface area contributed by atoms with E-state index < -0.39 is 5.91 Å². The number of hydrogen-bond acceptors (Lipinski definition) is 6. The minimum Gasteiger partial charge on any atom is -0.397 e. The van der Waals surface area contributed by atoms with Crippen LogP contribution in [0.1, 0.15) is 10.5 Å². The minimum atomic E-state index is -0.449. The Balaban J connectivity index is 0. The van der Waals surface area contributed by atoms with Crippen molar-refractivity contribution in [3.05, 3.63) is 24.0 Å². The SMILES string of the molecule is CON.CONC(=O)c1ncccc1N.Cl. The largest absolute Gasteiger partial charge is 0.397 e. The van der Waals surface area contributed by atoms with Gasteiger partial charge in [0, 0.05) is 6.20 Å². The molecular weight excluding hydrogens is 236 g/mol. The summed E-state index contributed by atoms with van der Waals surface area (Å²) in [6.07, 6.45) is 1.49. The molecule has 0 aromatic carbocycles. The van der Waals surface area contributed by atoms with Crippen LogP contribution in [0, 0.1) is 0 Å². The normalized spacial score (nSPS) is 8.19. The number of rotatable bonds is 2. The molecule has 1 amide bonds. The maximum Gasteiger partial charge on any atom is 0.295 e. The Bertz CT molecular complexity index is 311. The Morgan fingerprint density at radius 3 is 2.50 bits per heavy atom. The van der Waals surface area contributed by atoms with Crippen molar-refractivity contribution in [2.24, 2.45) is 5.90 Å². The molecule has 0 fully saturated rings. The number of carbonyl (C=O) groups is 1. The highest BCUT2D eigenvalue weighted by Crippen LogP contribution is 2.05. The Hall–Kier alpha value is -1.41. The molecule has 1 heterocycles. The van der Waals surface area contributed by atoms with Crippen molar-refractivity contribution in [2.75, 3.05) is 20.0 Å². The molecule has 0 radical (unpaired) electrons. The van der Waals surface area contributed by atoms with Crippen LogP contribution in [0.25, 0.3) is 0 Å². The monoisotopic (exact) mass is 250 g/mol. The number of amides is 1. The van der Waals surface area contributed by atoms with E-state index in [1.54, 1.807) is 12.1 Å². The third-order valence-corrected chi connectivity index (χ3v) is 1.25. The zero-order valence-electron chi connectivity index (χ0n) is 8.97. The fourth-order valence-corrected chi connectivity index (χ4v) is 0.748. The van der Waals surface area contributed by atoms with Gasteiger partial charge in [-0.15, -0.1) is 12.4 Å². The van der Waals surface area contributed by atoms with Gasteiger partial charge < -0.3 is 10.6 Å². The molecule has 0 atom stereocenters. The fourth-order valence-electron chi connectivity index (χ4n) is 0.748. The van der Waals surface area contributed by atoms with E-state index in [2.05, 4.69) is 26.0 Å². The van der Waals surface area contributed by atoms with Crippen LogP contribution in [0.3, 0.4) is 0 Å². The molecule has 1 rings (SSSR count). The van der Waals surface area contributed by atoms with Crippen LogP contribution in [0.15, 0.2) is 18.3 Å². The summed E-state index contributed by atoms with van der Waals surface area (Å²) in [6.45, 7) is 0. The second-order valence-corrected chi connectivity index (χ2v) is 2.31. The third-order valence-electron chi connectivity index (χ3n) is 1.25. The minimum absolute atomic E-state index is 0. The number of nitrogens with two attached hydrogens (primary N) is 2. The molecule has 0 aliphatic rings. The molecule has 0 unspecified atom stereocenters. The lowest BCUT2D eigenvalue weighted by molar-refractivity contribution is 0.0533. The average molecular weight is 251 g/mol. The van der Waals surface area contributed by atoms with E-state index in [4.69, 9.17) is 5.73 Å². The van der Waals surface area contributed by atoms with Gasteiger partial charge in [-0.1, -0.05) is 0 Å². The van der Waals surface area contributed by atoms with Gasteiger partial charge in [0.1, 0.15) is 0 Å². The summed E-state index contributed by atoms with van der Waals surface area (Å²) in [7, 11) is 2.75. The van der Waals surface area contributed by atoms with Gasteiger partial charge >= 0.3 is 0 Å². The van der Waals surface area contributed by atoms with E-state index in [1.165, 1.54) is 20.4 Å². The Morgan fingerprint density at radius 1 is 1.50 bits per heavy atom. The van der Waals surface area contributed by atoms with Crippen molar-refractivity contribution < 1.29 is 14.5 Å². The topological polar surface area (TPSA) is 112 Å². The first-order chi connectivity index (χ1) is 7.17. The zero-order chi connectivity index (χ0) is 11.7. The van der Waals surface area contributed by atoms with Crippen LogP contribution in [0.5, 0.6) is 0 Å². The molecule has 5 N–H and O–H groups in total.